The van der Waals surface area contributed by atoms with Gasteiger partial charge in [0.1, 0.15) is 6.04 Å². The van der Waals surface area contributed by atoms with Crippen LogP contribution in [0.25, 0.3) is 0 Å². The molecule has 3 N–H and O–H groups in total. The highest BCUT2D eigenvalue weighted by atomic mass is 16.4. The molecule has 1 unspecified atom stereocenters. The van der Waals surface area contributed by atoms with Crippen LogP contribution >= 0.6 is 0 Å². The van der Waals surface area contributed by atoms with Crippen molar-refractivity contribution in [3.05, 3.63) is 29.8 Å². The third kappa shape index (κ3) is 5.52. The lowest BCUT2D eigenvalue weighted by atomic mass is 10.1. The van der Waals surface area contributed by atoms with Crippen LogP contribution in [0.3, 0.4) is 0 Å². The molecule has 5 nitrogen and oxygen atoms in total. The standard InChI is InChI=1S/C14H20N2O3/c1-3-4-11-5-7-12(8-6-11)16-13(17)9-15-10(2)14(18)19/h5-8,10,15H,3-4,9H2,1-2H3,(H,16,17)(H,18,19). The summed E-state index contributed by atoms with van der Waals surface area (Å²) in [5.41, 5.74) is 1.95. The molecule has 104 valence electrons. The molecule has 0 aliphatic heterocycles. The second-order valence-electron chi connectivity index (χ2n) is 4.44. The fraction of sp³-hybridized carbons (Fsp3) is 0.429. The number of carboxylic acid groups (broad SMARTS) is 1. The molecule has 0 saturated carbocycles. The molecule has 5 heteroatoms. The Balaban J connectivity index is 2.41. The van der Waals surface area contributed by atoms with E-state index in [-0.39, 0.29) is 12.5 Å². The molecule has 1 aromatic carbocycles. The lowest BCUT2D eigenvalue weighted by molar-refractivity contribution is -0.139. The number of rotatable bonds is 7. The van der Waals surface area contributed by atoms with Crippen molar-refractivity contribution < 1.29 is 14.7 Å². The van der Waals surface area contributed by atoms with Crippen molar-refractivity contribution in [2.45, 2.75) is 32.7 Å². The second-order valence-corrected chi connectivity index (χ2v) is 4.44. The van der Waals surface area contributed by atoms with Crippen LogP contribution in [-0.4, -0.2) is 29.6 Å². The minimum atomic E-state index is -0.975. The van der Waals surface area contributed by atoms with Gasteiger partial charge in [0, 0.05) is 5.69 Å². The van der Waals surface area contributed by atoms with Gasteiger partial charge in [0.15, 0.2) is 0 Å². The number of aliphatic carboxylic acids is 1. The van der Waals surface area contributed by atoms with E-state index in [1.54, 1.807) is 0 Å². The van der Waals surface area contributed by atoms with Gasteiger partial charge in [-0.1, -0.05) is 25.5 Å². The van der Waals surface area contributed by atoms with Crippen molar-refractivity contribution in [2.75, 3.05) is 11.9 Å². The van der Waals surface area contributed by atoms with Gasteiger partial charge in [-0.3, -0.25) is 14.9 Å². The fourth-order valence-electron chi connectivity index (χ4n) is 1.58. The molecule has 0 aliphatic rings. The summed E-state index contributed by atoms with van der Waals surface area (Å²) < 4.78 is 0. The molecule has 1 atom stereocenters. The normalized spacial score (nSPS) is 11.9. The molecule has 0 bridgehead atoms. The van der Waals surface area contributed by atoms with E-state index in [0.29, 0.717) is 0 Å². The number of carboxylic acids is 1. The lowest BCUT2D eigenvalue weighted by Crippen LogP contribution is -2.39. The number of benzene rings is 1. The van der Waals surface area contributed by atoms with Gasteiger partial charge < -0.3 is 10.4 Å². The number of hydrogen-bond acceptors (Lipinski definition) is 3. The molecule has 1 rings (SSSR count). The Morgan fingerprint density at radius 3 is 2.42 bits per heavy atom. The molecule has 0 heterocycles. The first kappa shape index (κ1) is 15.2. The topological polar surface area (TPSA) is 78.4 Å². The summed E-state index contributed by atoms with van der Waals surface area (Å²) in [6, 6.07) is 6.92. The van der Waals surface area contributed by atoms with Crippen molar-refractivity contribution in [1.29, 1.82) is 0 Å². The molecule has 0 spiro atoms. The average Bonchev–Trinajstić information content (AvgIpc) is 2.38. The maximum Gasteiger partial charge on any atom is 0.320 e. The maximum atomic E-state index is 11.6. The summed E-state index contributed by atoms with van der Waals surface area (Å²) in [6.45, 7) is 3.59. The lowest BCUT2D eigenvalue weighted by Gasteiger charge is -2.10. The predicted molar refractivity (Wildman–Crippen MR) is 74.2 cm³/mol. The predicted octanol–water partition coefficient (Wildman–Crippen LogP) is 1.64. The van der Waals surface area contributed by atoms with Crippen LogP contribution in [0.2, 0.25) is 0 Å². The third-order valence-corrected chi connectivity index (χ3v) is 2.72. The van der Waals surface area contributed by atoms with E-state index < -0.39 is 12.0 Å². The second kappa shape index (κ2) is 7.53. The van der Waals surface area contributed by atoms with Crippen LogP contribution in [0.4, 0.5) is 5.69 Å². The van der Waals surface area contributed by atoms with Crippen LogP contribution < -0.4 is 10.6 Å². The smallest absolute Gasteiger partial charge is 0.320 e. The number of nitrogens with one attached hydrogen (secondary N) is 2. The van der Waals surface area contributed by atoms with Crippen molar-refractivity contribution >= 4 is 17.6 Å². The number of carbonyl (C=O) groups is 2. The molecule has 0 fully saturated rings. The summed E-state index contributed by atoms with van der Waals surface area (Å²) in [4.78, 5) is 22.2. The van der Waals surface area contributed by atoms with Crippen molar-refractivity contribution in [3.63, 3.8) is 0 Å². The minimum absolute atomic E-state index is 0.0236. The molecule has 0 radical (unpaired) electrons. The van der Waals surface area contributed by atoms with Gasteiger partial charge in [0.2, 0.25) is 5.91 Å². The van der Waals surface area contributed by atoms with Gasteiger partial charge in [-0.25, -0.2) is 0 Å². The number of carbonyl (C=O) groups excluding carboxylic acids is 1. The van der Waals surface area contributed by atoms with E-state index in [0.717, 1.165) is 18.5 Å². The molecule has 1 aromatic rings. The Hall–Kier alpha value is -1.88. The van der Waals surface area contributed by atoms with E-state index in [1.165, 1.54) is 12.5 Å². The Morgan fingerprint density at radius 1 is 1.26 bits per heavy atom. The van der Waals surface area contributed by atoms with Crippen LogP contribution in [-0.2, 0) is 16.0 Å². The largest absolute Gasteiger partial charge is 0.480 e. The van der Waals surface area contributed by atoms with Crippen LogP contribution in [0, 0.1) is 0 Å². The van der Waals surface area contributed by atoms with E-state index in [4.69, 9.17) is 5.11 Å². The van der Waals surface area contributed by atoms with E-state index >= 15 is 0 Å². The Kier molecular flexibility index (Phi) is 6.02. The molecule has 0 aliphatic carbocycles. The average molecular weight is 264 g/mol. The van der Waals surface area contributed by atoms with Crippen LogP contribution in [0.5, 0.6) is 0 Å². The van der Waals surface area contributed by atoms with Crippen molar-refractivity contribution in [2.24, 2.45) is 0 Å². The maximum absolute atomic E-state index is 11.6. The molecular weight excluding hydrogens is 244 g/mol. The van der Waals surface area contributed by atoms with Gasteiger partial charge in [-0.15, -0.1) is 0 Å². The van der Waals surface area contributed by atoms with E-state index in [2.05, 4.69) is 17.6 Å². The quantitative estimate of drug-likeness (QED) is 0.699. The SMILES string of the molecule is CCCc1ccc(NC(=O)CNC(C)C(=O)O)cc1. The van der Waals surface area contributed by atoms with Gasteiger partial charge in [-0.2, -0.15) is 0 Å². The Bertz CT molecular complexity index is 429. The summed E-state index contributed by atoms with van der Waals surface area (Å²) >= 11 is 0. The zero-order valence-electron chi connectivity index (χ0n) is 11.3. The first-order valence-electron chi connectivity index (χ1n) is 6.38. The monoisotopic (exact) mass is 264 g/mol. The fourth-order valence-corrected chi connectivity index (χ4v) is 1.58. The summed E-state index contributed by atoms with van der Waals surface area (Å²) in [6.07, 6.45) is 2.11. The first-order valence-corrected chi connectivity index (χ1v) is 6.38. The van der Waals surface area contributed by atoms with E-state index in [1.807, 2.05) is 24.3 Å². The number of hydrogen-bond donors (Lipinski definition) is 3. The van der Waals surface area contributed by atoms with Gasteiger partial charge >= 0.3 is 5.97 Å². The summed E-state index contributed by atoms with van der Waals surface area (Å²) in [7, 11) is 0. The molecule has 0 saturated heterocycles. The minimum Gasteiger partial charge on any atom is -0.480 e. The molecule has 19 heavy (non-hydrogen) atoms. The van der Waals surface area contributed by atoms with Crippen molar-refractivity contribution in [3.8, 4) is 0 Å². The van der Waals surface area contributed by atoms with Crippen LogP contribution in [0.1, 0.15) is 25.8 Å². The van der Waals surface area contributed by atoms with Gasteiger partial charge in [0.25, 0.3) is 0 Å². The highest BCUT2D eigenvalue weighted by Crippen LogP contribution is 2.10. The Morgan fingerprint density at radius 2 is 1.89 bits per heavy atom. The molecular formula is C14H20N2O3. The summed E-state index contributed by atoms with van der Waals surface area (Å²) in [5, 5.41) is 14.0. The van der Waals surface area contributed by atoms with Crippen LogP contribution in [0.15, 0.2) is 24.3 Å². The van der Waals surface area contributed by atoms with Gasteiger partial charge in [-0.05, 0) is 31.0 Å². The zero-order chi connectivity index (χ0) is 14.3. The number of aryl methyl sites for hydroxylation is 1. The zero-order valence-corrected chi connectivity index (χ0v) is 11.3. The third-order valence-electron chi connectivity index (χ3n) is 2.72. The highest BCUT2D eigenvalue weighted by Gasteiger charge is 2.11. The highest BCUT2D eigenvalue weighted by molar-refractivity contribution is 5.92. The number of amides is 1. The Labute approximate surface area is 113 Å². The van der Waals surface area contributed by atoms with Crippen molar-refractivity contribution in [1.82, 2.24) is 5.32 Å². The number of anilines is 1. The van der Waals surface area contributed by atoms with Gasteiger partial charge in [0.05, 0.1) is 6.54 Å². The summed E-state index contributed by atoms with van der Waals surface area (Å²) in [5.74, 6) is -1.23. The molecule has 1 amide bonds. The van der Waals surface area contributed by atoms with E-state index in [9.17, 15) is 9.59 Å². The molecule has 0 aromatic heterocycles. The first-order chi connectivity index (χ1) is 9.02.